The molecule has 0 radical (unpaired) electrons. The summed E-state index contributed by atoms with van der Waals surface area (Å²) in [5, 5.41) is 0. The van der Waals surface area contributed by atoms with Crippen LogP contribution in [0, 0.1) is 0 Å². The van der Waals surface area contributed by atoms with Crippen LogP contribution in [0.3, 0.4) is 0 Å². The number of halogens is 3. The van der Waals surface area contributed by atoms with Gasteiger partial charge >= 0.3 is 5.51 Å². The summed E-state index contributed by atoms with van der Waals surface area (Å²) >= 11 is -0.157. The standard InChI is InChI=1S/C10H9F3OS/c1-7(14)6-8-2-4-9(5-3-8)15-10(11,12)13/h2-5H,6H2,1H3. The van der Waals surface area contributed by atoms with Crippen molar-refractivity contribution < 1.29 is 18.0 Å². The smallest absolute Gasteiger partial charge is 0.300 e. The lowest BCUT2D eigenvalue weighted by molar-refractivity contribution is -0.116. The lowest BCUT2D eigenvalue weighted by atomic mass is 10.1. The van der Waals surface area contributed by atoms with Crippen LogP contribution in [0.15, 0.2) is 29.2 Å². The predicted octanol–water partition coefficient (Wildman–Crippen LogP) is 3.43. The quantitative estimate of drug-likeness (QED) is 0.745. The zero-order valence-corrected chi connectivity index (χ0v) is 8.78. The van der Waals surface area contributed by atoms with Crippen LogP contribution in [0.4, 0.5) is 13.2 Å². The first-order valence-corrected chi connectivity index (χ1v) is 5.02. The number of hydrogen-bond donors (Lipinski definition) is 0. The zero-order valence-electron chi connectivity index (χ0n) is 7.97. The van der Waals surface area contributed by atoms with E-state index < -0.39 is 5.51 Å². The van der Waals surface area contributed by atoms with Crippen LogP contribution < -0.4 is 0 Å². The van der Waals surface area contributed by atoms with Crippen LogP contribution in [0.1, 0.15) is 12.5 Å². The fraction of sp³-hybridized carbons (Fsp3) is 0.300. The lowest BCUT2D eigenvalue weighted by Crippen LogP contribution is -1.99. The van der Waals surface area contributed by atoms with E-state index in [1.807, 2.05) is 0 Å². The molecular weight excluding hydrogens is 225 g/mol. The number of thioether (sulfide) groups is 1. The number of Topliss-reactive ketones (excluding diaryl/α,β-unsaturated/α-hetero) is 1. The van der Waals surface area contributed by atoms with Crippen LogP contribution in [-0.4, -0.2) is 11.3 Å². The minimum Gasteiger partial charge on any atom is -0.300 e. The molecule has 0 N–H and O–H groups in total. The van der Waals surface area contributed by atoms with Crippen molar-refractivity contribution in [3.05, 3.63) is 29.8 Å². The van der Waals surface area contributed by atoms with E-state index in [0.717, 1.165) is 5.56 Å². The first-order valence-electron chi connectivity index (χ1n) is 4.21. The number of carbonyl (C=O) groups is 1. The molecule has 0 amide bonds. The van der Waals surface area contributed by atoms with Crippen molar-refractivity contribution in [2.75, 3.05) is 0 Å². The molecule has 0 heterocycles. The van der Waals surface area contributed by atoms with E-state index >= 15 is 0 Å². The Balaban J connectivity index is 2.68. The topological polar surface area (TPSA) is 17.1 Å². The second-order valence-corrected chi connectivity index (χ2v) is 4.21. The van der Waals surface area contributed by atoms with Gasteiger partial charge in [-0.15, -0.1) is 0 Å². The minimum atomic E-state index is -4.26. The minimum absolute atomic E-state index is 0.00813. The Hall–Kier alpha value is -0.970. The predicted molar refractivity (Wildman–Crippen MR) is 52.7 cm³/mol. The third kappa shape index (κ3) is 4.88. The summed E-state index contributed by atoms with van der Waals surface area (Å²) in [4.78, 5) is 10.9. The van der Waals surface area contributed by atoms with Gasteiger partial charge in [0.05, 0.1) is 0 Å². The third-order valence-corrected chi connectivity index (χ3v) is 2.35. The average molecular weight is 234 g/mol. The molecule has 82 valence electrons. The second kappa shape index (κ2) is 4.70. The van der Waals surface area contributed by atoms with Gasteiger partial charge in [-0.2, -0.15) is 13.2 Å². The summed E-state index contributed by atoms with van der Waals surface area (Å²) in [5.41, 5.74) is -3.53. The van der Waals surface area contributed by atoms with Crippen LogP contribution >= 0.6 is 11.8 Å². The van der Waals surface area contributed by atoms with Gasteiger partial charge in [0.2, 0.25) is 0 Å². The highest BCUT2D eigenvalue weighted by atomic mass is 32.2. The average Bonchev–Trinajstić information content (AvgIpc) is 2.05. The van der Waals surface area contributed by atoms with Gasteiger partial charge in [-0.1, -0.05) is 12.1 Å². The van der Waals surface area contributed by atoms with Gasteiger partial charge < -0.3 is 0 Å². The molecule has 0 aromatic heterocycles. The van der Waals surface area contributed by atoms with E-state index in [-0.39, 0.29) is 28.9 Å². The molecule has 0 fully saturated rings. The summed E-state index contributed by atoms with van der Waals surface area (Å²) < 4.78 is 35.9. The molecule has 5 heteroatoms. The van der Waals surface area contributed by atoms with E-state index in [1.165, 1.54) is 31.2 Å². The highest BCUT2D eigenvalue weighted by Gasteiger charge is 2.28. The summed E-state index contributed by atoms with van der Waals surface area (Å²) in [7, 11) is 0. The molecule has 0 aliphatic heterocycles. The Morgan fingerprint density at radius 2 is 1.80 bits per heavy atom. The van der Waals surface area contributed by atoms with Gasteiger partial charge in [-0.05, 0) is 36.4 Å². The monoisotopic (exact) mass is 234 g/mol. The molecule has 1 aromatic rings. The van der Waals surface area contributed by atoms with Crippen molar-refractivity contribution in [1.82, 2.24) is 0 Å². The van der Waals surface area contributed by atoms with Gasteiger partial charge in [-0.3, -0.25) is 4.79 Å². The Labute approximate surface area is 89.7 Å². The fourth-order valence-corrected chi connectivity index (χ4v) is 1.64. The van der Waals surface area contributed by atoms with E-state index in [9.17, 15) is 18.0 Å². The van der Waals surface area contributed by atoms with Crippen molar-refractivity contribution in [3.8, 4) is 0 Å². The highest BCUT2D eigenvalue weighted by Crippen LogP contribution is 2.36. The molecular formula is C10H9F3OS. The number of rotatable bonds is 3. The molecule has 0 aliphatic carbocycles. The van der Waals surface area contributed by atoms with E-state index in [0.29, 0.717) is 0 Å². The number of benzene rings is 1. The SMILES string of the molecule is CC(=O)Cc1ccc(SC(F)(F)F)cc1. The van der Waals surface area contributed by atoms with Gasteiger partial charge in [0.15, 0.2) is 0 Å². The van der Waals surface area contributed by atoms with Gasteiger partial charge in [-0.25, -0.2) is 0 Å². The molecule has 1 nitrogen and oxygen atoms in total. The van der Waals surface area contributed by atoms with Gasteiger partial charge in [0.25, 0.3) is 0 Å². The molecule has 0 spiro atoms. The molecule has 0 aliphatic rings. The van der Waals surface area contributed by atoms with Gasteiger partial charge in [0.1, 0.15) is 5.78 Å². The molecule has 0 saturated heterocycles. The maximum Gasteiger partial charge on any atom is 0.446 e. The van der Waals surface area contributed by atoms with Crippen molar-refractivity contribution in [3.63, 3.8) is 0 Å². The van der Waals surface area contributed by atoms with Gasteiger partial charge in [0, 0.05) is 11.3 Å². The number of alkyl halides is 3. The normalized spacial score (nSPS) is 11.5. The van der Waals surface area contributed by atoms with Crippen LogP contribution in [-0.2, 0) is 11.2 Å². The Bertz CT molecular complexity index is 343. The molecule has 0 bridgehead atoms. The van der Waals surface area contributed by atoms with Crippen molar-refractivity contribution >= 4 is 17.5 Å². The van der Waals surface area contributed by atoms with Crippen LogP contribution in [0.2, 0.25) is 0 Å². The molecule has 1 rings (SSSR count). The largest absolute Gasteiger partial charge is 0.446 e. The number of carbonyl (C=O) groups excluding carboxylic acids is 1. The molecule has 15 heavy (non-hydrogen) atoms. The number of ketones is 1. The molecule has 0 atom stereocenters. The Morgan fingerprint density at radius 3 is 2.20 bits per heavy atom. The maximum atomic E-state index is 12.0. The molecule has 0 unspecified atom stereocenters. The summed E-state index contributed by atoms with van der Waals surface area (Å²) in [6.45, 7) is 1.44. The summed E-state index contributed by atoms with van der Waals surface area (Å²) in [6.07, 6.45) is 0.261. The maximum absolute atomic E-state index is 12.0. The molecule has 1 aromatic carbocycles. The molecule has 0 saturated carbocycles. The summed E-state index contributed by atoms with van der Waals surface area (Å²) in [6, 6.07) is 5.82. The van der Waals surface area contributed by atoms with E-state index in [4.69, 9.17) is 0 Å². The first kappa shape index (κ1) is 12.1. The third-order valence-electron chi connectivity index (χ3n) is 1.61. The van der Waals surface area contributed by atoms with Crippen molar-refractivity contribution in [2.45, 2.75) is 23.7 Å². The highest BCUT2D eigenvalue weighted by molar-refractivity contribution is 8.00. The van der Waals surface area contributed by atoms with Crippen molar-refractivity contribution in [1.29, 1.82) is 0 Å². The Morgan fingerprint density at radius 1 is 1.27 bits per heavy atom. The fourth-order valence-electron chi connectivity index (χ4n) is 1.10. The number of hydrogen-bond acceptors (Lipinski definition) is 2. The first-order chi connectivity index (χ1) is 6.87. The summed E-state index contributed by atoms with van der Waals surface area (Å²) in [5.74, 6) is -0.00813. The van der Waals surface area contributed by atoms with E-state index in [1.54, 1.807) is 0 Å². The second-order valence-electron chi connectivity index (χ2n) is 3.07. The van der Waals surface area contributed by atoms with Crippen molar-refractivity contribution in [2.24, 2.45) is 0 Å². The lowest BCUT2D eigenvalue weighted by Gasteiger charge is -2.05. The van der Waals surface area contributed by atoms with Crippen LogP contribution in [0.25, 0.3) is 0 Å². The van der Waals surface area contributed by atoms with E-state index in [2.05, 4.69) is 0 Å². The Kier molecular flexibility index (Phi) is 3.79. The zero-order chi connectivity index (χ0) is 11.5. The van der Waals surface area contributed by atoms with Crippen LogP contribution in [0.5, 0.6) is 0 Å².